The highest BCUT2D eigenvalue weighted by atomic mass is 16.2. The van der Waals surface area contributed by atoms with E-state index in [2.05, 4.69) is 17.2 Å². The largest absolute Gasteiger partial charge is 0.354 e. The van der Waals surface area contributed by atoms with Crippen molar-refractivity contribution in [2.24, 2.45) is 0 Å². The van der Waals surface area contributed by atoms with Crippen molar-refractivity contribution in [3.63, 3.8) is 0 Å². The predicted molar refractivity (Wildman–Crippen MR) is 92.2 cm³/mol. The summed E-state index contributed by atoms with van der Waals surface area (Å²) < 4.78 is 0. The summed E-state index contributed by atoms with van der Waals surface area (Å²) in [6.07, 6.45) is 2.26. The molecule has 2 N–H and O–H groups in total. The molecule has 0 unspecified atom stereocenters. The van der Waals surface area contributed by atoms with Crippen LogP contribution in [-0.4, -0.2) is 47.7 Å². The molecule has 1 aromatic rings. The van der Waals surface area contributed by atoms with Crippen molar-refractivity contribution in [2.75, 3.05) is 13.1 Å². The number of rotatable bonds is 7. The van der Waals surface area contributed by atoms with E-state index in [1.165, 1.54) is 24.3 Å². The number of benzene rings is 1. The van der Waals surface area contributed by atoms with Crippen LogP contribution in [0.5, 0.6) is 0 Å². The third-order valence-corrected chi connectivity index (χ3v) is 3.83. The van der Waals surface area contributed by atoms with Gasteiger partial charge in [0.1, 0.15) is 6.04 Å². The number of amides is 4. The normalized spacial score (nSPS) is 14.1. The molecule has 0 radical (unpaired) electrons. The average Bonchev–Trinajstić information content (AvgIpc) is 2.84. The van der Waals surface area contributed by atoms with Crippen molar-refractivity contribution in [1.29, 1.82) is 0 Å². The van der Waals surface area contributed by atoms with E-state index < -0.39 is 23.8 Å². The number of hydrogen-bond donors (Lipinski definition) is 2. The first kappa shape index (κ1) is 18.4. The van der Waals surface area contributed by atoms with Gasteiger partial charge in [0.2, 0.25) is 5.91 Å². The molecule has 0 fully saturated rings. The van der Waals surface area contributed by atoms with E-state index in [1.54, 1.807) is 6.92 Å². The number of hydrogen-bond acceptors (Lipinski definition) is 4. The zero-order valence-electron chi connectivity index (χ0n) is 14.3. The molecule has 0 bridgehead atoms. The third kappa shape index (κ3) is 3.76. The number of imide groups is 1. The number of nitrogens with one attached hydrogen (secondary N) is 2. The van der Waals surface area contributed by atoms with Crippen LogP contribution in [0.15, 0.2) is 30.9 Å². The smallest absolute Gasteiger partial charge is 0.261 e. The summed E-state index contributed by atoms with van der Waals surface area (Å²) in [4.78, 5) is 49.6. The number of carbonyl (C=O) groups is 4. The summed E-state index contributed by atoms with van der Waals surface area (Å²) in [5, 5.41) is 5.28. The molecule has 4 amide bonds. The second kappa shape index (κ2) is 7.74. The van der Waals surface area contributed by atoms with Gasteiger partial charge in [0.05, 0.1) is 11.1 Å². The zero-order valence-corrected chi connectivity index (χ0v) is 14.3. The molecule has 0 saturated carbocycles. The second-order valence-corrected chi connectivity index (χ2v) is 5.76. The maximum absolute atomic E-state index is 12.3. The van der Waals surface area contributed by atoms with Gasteiger partial charge in [-0.2, -0.15) is 0 Å². The van der Waals surface area contributed by atoms with Crippen molar-refractivity contribution in [3.8, 4) is 0 Å². The molecular formula is C18H21N3O4. The Morgan fingerprint density at radius 3 is 2.56 bits per heavy atom. The fourth-order valence-corrected chi connectivity index (χ4v) is 2.47. The van der Waals surface area contributed by atoms with Gasteiger partial charge >= 0.3 is 0 Å². The van der Waals surface area contributed by atoms with Gasteiger partial charge in [-0.15, -0.1) is 6.58 Å². The maximum Gasteiger partial charge on any atom is 0.261 e. The Balaban J connectivity index is 2.14. The summed E-state index contributed by atoms with van der Waals surface area (Å²) in [6.45, 7) is 7.69. The SMILES string of the molecule is C=CCN1C(=O)c2ccc(C(=O)N[C@H](C)C(=O)NCCC)cc2C1=O. The van der Waals surface area contributed by atoms with Crippen molar-refractivity contribution in [3.05, 3.63) is 47.5 Å². The van der Waals surface area contributed by atoms with E-state index in [0.29, 0.717) is 6.54 Å². The quantitative estimate of drug-likeness (QED) is 0.573. The lowest BCUT2D eigenvalue weighted by Gasteiger charge is -2.14. The van der Waals surface area contributed by atoms with Gasteiger partial charge in [-0.3, -0.25) is 24.1 Å². The van der Waals surface area contributed by atoms with E-state index >= 15 is 0 Å². The molecule has 1 atom stereocenters. The minimum absolute atomic E-state index is 0.114. The van der Waals surface area contributed by atoms with Gasteiger partial charge in [-0.1, -0.05) is 13.0 Å². The highest BCUT2D eigenvalue weighted by Crippen LogP contribution is 2.24. The molecule has 132 valence electrons. The van der Waals surface area contributed by atoms with Crippen LogP contribution >= 0.6 is 0 Å². The Labute approximate surface area is 146 Å². The fraction of sp³-hybridized carbons (Fsp3) is 0.333. The van der Waals surface area contributed by atoms with Crippen LogP contribution in [0.1, 0.15) is 51.3 Å². The van der Waals surface area contributed by atoms with Crippen LogP contribution in [0.4, 0.5) is 0 Å². The molecule has 0 aliphatic carbocycles. The van der Waals surface area contributed by atoms with Crippen LogP contribution < -0.4 is 10.6 Å². The van der Waals surface area contributed by atoms with Crippen LogP contribution in [0.25, 0.3) is 0 Å². The molecule has 0 aromatic heterocycles. The number of fused-ring (bicyclic) bond motifs is 1. The Kier molecular flexibility index (Phi) is 5.69. The predicted octanol–water partition coefficient (Wildman–Crippen LogP) is 1.11. The molecule has 1 aliphatic heterocycles. The highest BCUT2D eigenvalue weighted by molar-refractivity contribution is 6.22. The van der Waals surface area contributed by atoms with Crippen molar-refractivity contribution in [1.82, 2.24) is 15.5 Å². The van der Waals surface area contributed by atoms with Crippen LogP contribution in [0, 0.1) is 0 Å². The van der Waals surface area contributed by atoms with E-state index in [9.17, 15) is 19.2 Å². The molecule has 7 heteroatoms. The minimum atomic E-state index is -0.707. The maximum atomic E-state index is 12.3. The lowest BCUT2D eigenvalue weighted by atomic mass is 10.0. The first-order chi connectivity index (χ1) is 11.9. The molecule has 1 aliphatic rings. The molecular weight excluding hydrogens is 322 g/mol. The highest BCUT2D eigenvalue weighted by Gasteiger charge is 2.35. The molecule has 1 aromatic carbocycles. The van der Waals surface area contributed by atoms with Gasteiger partial charge in [0.15, 0.2) is 0 Å². The summed E-state index contributed by atoms with van der Waals surface area (Å²) in [5.74, 6) is -1.62. The Morgan fingerprint density at radius 2 is 1.92 bits per heavy atom. The van der Waals surface area contributed by atoms with Gasteiger partial charge in [0, 0.05) is 18.7 Å². The van der Waals surface area contributed by atoms with Gasteiger partial charge in [-0.05, 0) is 31.5 Å². The van der Waals surface area contributed by atoms with E-state index in [0.717, 1.165) is 11.3 Å². The zero-order chi connectivity index (χ0) is 18.6. The van der Waals surface area contributed by atoms with Crippen LogP contribution in [0.2, 0.25) is 0 Å². The van der Waals surface area contributed by atoms with Gasteiger partial charge < -0.3 is 10.6 Å². The number of carbonyl (C=O) groups excluding carboxylic acids is 4. The van der Waals surface area contributed by atoms with Crippen molar-refractivity contribution in [2.45, 2.75) is 26.3 Å². The Hall–Kier alpha value is -2.96. The van der Waals surface area contributed by atoms with E-state index in [1.807, 2.05) is 6.92 Å². The van der Waals surface area contributed by atoms with Gasteiger partial charge in [-0.25, -0.2) is 0 Å². The molecule has 7 nitrogen and oxygen atoms in total. The lowest BCUT2D eigenvalue weighted by molar-refractivity contribution is -0.122. The average molecular weight is 343 g/mol. The summed E-state index contributed by atoms with van der Waals surface area (Å²) in [7, 11) is 0. The minimum Gasteiger partial charge on any atom is -0.354 e. The molecule has 0 saturated heterocycles. The molecule has 25 heavy (non-hydrogen) atoms. The monoisotopic (exact) mass is 343 g/mol. The Bertz CT molecular complexity index is 742. The molecule has 2 rings (SSSR count). The van der Waals surface area contributed by atoms with Crippen molar-refractivity contribution < 1.29 is 19.2 Å². The number of nitrogens with zero attached hydrogens (tertiary/aromatic N) is 1. The van der Waals surface area contributed by atoms with Crippen LogP contribution in [0.3, 0.4) is 0 Å². The molecule has 1 heterocycles. The topological polar surface area (TPSA) is 95.6 Å². The first-order valence-electron chi connectivity index (χ1n) is 8.10. The second-order valence-electron chi connectivity index (χ2n) is 5.76. The van der Waals surface area contributed by atoms with Gasteiger partial charge in [0.25, 0.3) is 17.7 Å². The summed E-state index contributed by atoms with van der Waals surface area (Å²) in [6, 6.07) is 3.59. The molecule has 0 spiro atoms. The van der Waals surface area contributed by atoms with E-state index in [4.69, 9.17) is 0 Å². The first-order valence-corrected chi connectivity index (χ1v) is 8.10. The van der Waals surface area contributed by atoms with Crippen molar-refractivity contribution >= 4 is 23.6 Å². The fourth-order valence-electron chi connectivity index (χ4n) is 2.47. The van der Waals surface area contributed by atoms with Crippen LogP contribution in [-0.2, 0) is 4.79 Å². The summed E-state index contributed by atoms with van der Waals surface area (Å²) >= 11 is 0. The van der Waals surface area contributed by atoms with E-state index in [-0.39, 0.29) is 29.1 Å². The third-order valence-electron chi connectivity index (χ3n) is 3.83. The lowest BCUT2D eigenvalue weighted by Crippen LogP contribution is -2.45. The standard InChI is InChI=1S/C18H21N3O4/c1-4-8-19-15(22)11(3)20-16(23)12-6-7-13-14(10-12)18(25)21(9-5-2)17(13)24/h5-7,10-11H,2,4,8-9H2,1,3H3,(H,19,22)(H,20,23)/t11-/m1/s1. The summed E-state index contributed by atoms with van der Waals surface area (Å²) in [5.41, 5.74) is 0.662. The Morgan fingerprint density at radius 1 is 1.24 bits per heavy atom.